The molecule has 0 aromatic carbocycles. The number of nitrogens with one attached hydrogen (secondary N) is 1. The van der Waals surface area contributed by atoms with Gasteiger partial charge in [0.2, 0.25) is 0 Å². The van der Waals surface area contributed by atoms with Crippen LogP contribution in [0.25, 0.3) is 0 Å². The summed E-state index contributed by atoms with van der Waals surface area (Å²) in [7, 11) is 0. The first-order chi connectivity index (χ1) is 14.7. The fourth-order valence-corrected chi connectivity index (χ4v) is 5.38. The average Bonchev–Trinajstić information content (AvgIpc) is 3.33. The smallest absolute Gasteiger partial charge is 0.318 e. The third kappa shape index (κ3) is 5.13. The highest BCUT2D eigenvalue weighted by molar-refractivity contribution is 7.08. The SMILES string of the molecule is O=C(c1ccsc1)N1CCC(N2CCC(N3C/C=C\C/C=C\CNC3=O)CC2)CC1. The van der Waals surface area contributed by atoms with Crippen molar-refractivity contribution in [1.82, 2.24) is 20.0 Å². The number of thiophene rings is 1. The molecule has 0 radical (unpaired) electrons. The maximum absolute atomic E-state index is 12.6. The summed E-state index contributed by atoms with van der Waals surface area (Å²) in [6.07, 6.45) is 13.4. The van der Waals surface area contributed by atoms with Crippen molar-refractivity contribution in [2.75, 3.05) is 39.3 Å². The van der Waals surface area contributed by atoms with E-state index in [9.17, 15) is 9.59 Å². The third-order valence-corrected chi connectivity index (χ3v) is 7.20. The molecule has 4 heterocycles. The van der Waals surface area contributed by atoms with Crippen molar-refractivity contribution >= 4 is 23.3 Å². The number of carbonyl (C=O) groups is 2. The Balaban J connectivity index is 1.26. The minimum absolute atomic E-state index is 0.0462. The normalized spacial score (nSPS) is 25.0. The van der Waals surface area contributed by atoms with Crippen LogP contribution in [0.1, 0.15) is 42.5 Å². The van der Waals surface area contributed by atoms with Crippen LogP contribution in [-0.2, 0) is 0 Å². The number of allylic oxidation sites excluding steroid dienone is 2. The van der Waals surface area contributed by atoms with Crippen molar-refractivity contribution in [3.63, 3.8) is 0 Å². The van der Waals surface area contributed by atoms with Gasteiger partial charge in [0.25, 0.3) is 5.91 Å². The molecule has 0 atom stereocenters. The van der Waals surface area contributed by atoms with Crippen LogP contribution in [0.2, 0.25) is 0 Å². The van der Waals surface area contributed by atoms with Crippen molar-refractivity contribution in [1.29, 1.82) is 0 Å². The molecule has 30 heavy (non-hydrogen) atoms. The molecule has 1 aromatic heterocycles. The Kier molecular flexibility index (Phi) is 7.23. The van der Waals surface area contributed by atoms with E-state index in [-0.39, 0.29) is 11.9 Å². The summed E-state index contributed by atoms with van der Waals surface area (Å²) in [6.45, 7) is 5.03. The molecule has 6 nitrogen and oxygen atoms in total. The van der Waals surface area contributed by atoms with Gasteiger partial charge in [0.05, 0.1) is 5.56 Å². The molecule has 1 N–H and O–H groups in total. The number of hydrogen-bond donors (Lipinski definition) is 1. The quantitative estimate of drug-likeness (QED) is 0.752. The van der Waals surface area contributed by atoms with Gasteiger partial charge in [0.1, 0.15) is 0 Å². The van der Waals surface area contributed by atoms with E-state index in [0.29, 0.717) is 25.2 Å². The molecule has 7 heteroatoms. The monoisotopic (exact) mass is 428 g/mol. The summed E-state index contributed by atoms with van der Waals surface area (Å²) < 4.78 is 0. The maximum Gasteiger partial charge on any atom is 0.318 e. The fraction of sp³-hybridized carbons (Fsp3) is 0.565. The molecule has 0 bridgehead atoms. The minimum Gasteiger partial charge on any atom is -0.339 e. The first kappa shape index (κ1) is 21.1. The summed E-state index contributed by atoms with van der Waals surface area (Å²) >= 11 is 1.58. The molecule has 3 aliphatic rings. The van der Waals surface area contributed by atoms with E-state index in [1.807, 2.05) is 32.7 Å². The van der Waals surface area contributed by atoms with Crippen molar-refractivity contribution in [3.8, 4) is 0 Å². The first-order valence-corrected chi connectivity index (χ1v) is 12.1. The maximum atomic E-state index is 12.6. The van der Waals surface area contributed by atoms with Gasteiger partial charge in [-0.2, -0.15) is 11.3 Å². The lowest BCUT2D eigenvalue weighted by molar-refractivity contribution is 0.0517. The van der Waals surface area contributed by atoms with E-state index in [1.165, 1.54) is 0 Å². The predicted octanol–water partition coefficient (Wildman–Crippen LogP) is 3.34. The summed E-state index contributed by atoms with van der Waals surface area (Å²) in [5.74, 6) is 0.172. The van der Waals surface area contributed by atoms with Crippen LogP contribution in [0.5, 0.6) is 0 Å². The predicted molar refractivity (Wildman–Crippen MR) is 121 cm³/mol. The minimum atomic E-state index is 0.0462. The number of piperidine rings is 2. The Labute approximate surface area is 183 Å². The molecule has 4 rings (SSSR count). The van der Waals surface area contributed by atoms with Crippen LogP contribution in [0.3, 0.4) is 0 Å². The lowest BCUT2D eigenvalue weighted by Crippen LogP contribution is -2.54. The van der Waals surface area contributed by atoms with Gasteiger partial charge in [-0.25, -0.2) is 4.79 Å². The molecule has 0 aliphatic carbocycles. The highest BCUT2D eigenvalue weighted by atomic mass is 32.1. The fourth-order valence-electron chi connectivity index (χ4n) is 4.75. The number of hydrogen-bond acceptors (Lipinski definition) is 4. The second-order valence-electron chi connectivity index (χ2n) is 8.32. The Morgan fingerprint density at radius 1 is 0.967 bits per heavy atom. The molecule has 3 aliphatic heterocycles. The van der Waals surface area contributed by atoms with Crippen LogP contribution in [-0.4, -0.2) is 78.0 Å². The lowest BCUT2D eigenvalue weighted by Gasteiger charge is -2.43. The van der Waals surface area contributed by atoms with E-state index in [4.69, 9.17) is 0 Å². The van der Waals surface area contributed by atoms with Gasteiger partial charge in [0, 0.05) is 56.7 Å². The Bertz CT molecular complexity index is 760. The molecule has 162 valence electrons. The summed E-state index contributed by atoms with van der Waals surface area (Å²) in [5, 5.41) is 6.92. The number of urea groups is 1. The highest BCUT2D eigenvalue weighted by Gasteiger charge is 2.32. The zero-order chi connectivity index (χ0) is 20.8. The van der Waals surface area contributed by atoms with Crippen molar-refractivity contribution < 1.29 is 9.59 Å². The standard InChI is InChI=1S/C23H32N4O2S/c28-22(19-10-17-30-18-19)26-15-6-20(7-16-26)25-13-8-21(9-14-25)27-12-5-3-1-2-4-11-24-23(27)29/h2-5,10,17-18,20-21H,1,6-9,11-16H2,(H,24,29)/b4-2-,5-3-. The summed E-state index contributed by atoms with van der Waals surface area (Å²) in [5.41, 5.74) is 0.821. The number of nitrogens with zero attached hydrogens (tertiary/aromatic N) is 3. The van der Waals surface area contributed by atoms with Gasteiger partial charge >= 0.3 is 6.03 Å². The highest BCUT2D eigenvalue weighted by Crippen LogP contribution is 2.24. The Morgan fingerprint density at radius 2 is 1.70 bits per heavy atom. The van der Waals surface area contributed by atoms with Crippen LogP contribution in [0.15, 0.2) is 41.1 Å². The van der Waals surface area contributed by atoms with Crippen LogP contribution in [0, 0.1) is 0 Å². The van der Waals surface area contributed by atoms with Crippen molar-refractivity contribution in [3.05, 3.63) is 46.7 Å². The van der Waals surface area contributed by atoms with E-state index in [0.717, 1.165) is 63.8 Å². The second kappa shape index (κ2) is 10.3. The molecule has 0 unspecified atom stereocenters. The molecule has 0 saturated carbocycles. The van der Waals surface area contributed by atoms with Gasteiger partial charge in [-0.3, -0.25) is 4.79 Å². The number of amides is 3. The van der Waals surface area contributed by atoms with Gasteiger partial charge in [0.15, 0.2) is 0 Å². The molecular formula is C23H32N4O2S. The topological polar surface area (TPSA) is 55.9 Å². The number of carbonyl (C=O) groups excluding carboxylic acids is 2. The van der Waals surface area contributed by atoms with Gasteiger partial charge in [-0.1, -0.05) is 24.3 Å². The molecule has 2 fully saturated rings. The van der Waals surface area contributed by atoms with Crippen LogP contribution >= 0.6 is 11.3 Å². The molecule has 0 spiro atoms. The van der Waals surface area contributed by atoms with Gasteiger partial charge in [-0.15, -0.1) is 0 Å². The largest absolute Gasteiger partial charge is 0.339 e. The molecule has 1 aromatic rings. The Hall–Kier alpha value is -2.12. The third-order valence-electron chi connectivity index (χ3n) is 6.52. The molecule has 3 amide bonds. The van der Waals surface area contributed by atoms with Crippen LogP contribution in [0.4, 0.5) is 4.79 Å². The summed E-state index contributed by atoms with van der Waals surface area (Å²) in [6, 6.07) is 2.81. The van der Waals surface area contributed by atoms with Crippen LogP contribution < -0.4 is 5.32 Å². The van der Waals surface area contributed by atoms with Crippen molar-refractivity contribution in [2.45, 2.75) is 44.2 Å². The Morgan fingerprint density at radius 3 is 2.43 bits per heavy atom. The molecule has 2 saturated heterocycles. The van der Waals surface area contributed by atoms with Gasteiger partial charge in [-0.05, 0) is 43.6 Å². The summed E-state index contributed by atoms with van der Waals surface area (Å²) in [4.78, 5) is 31.8. The van der Waals surface area contributed by atoms with Crippen molar-refractivity contribution in [2.24, 2.45) is 0 Å². The second-order valence-corrected chi connectivity index (χ2v) is 9.10. The lowest BCUT2D eigenvalue weighted by atomic mass is 9.96. The van der Waals surface area contributed by atoms with E-state index in [1.54, 1.807) is 11.3 Å². The average molecular weight is 429 g/mol. The zero-order valence-electron chi connectivity index (χ0n) is 17.5. The molecular weight excluding hydrogens is 396 g/mol. The van der Waals surface area contributed by atoms with E-state index >= 15 is 0 Å². The first-order valence-electron chi connectivity index (χ1n) is 11.1. The number of likely N-dealkylation sites (tertiary alicyclic amines) is 2. The van der Waals surface area contributed by atoms with E-state index < -0.39 is 0 Å². The van der Waals surface area contributed by atoms with Gasteiger partial charge < -0.3 is 20.0 Å². The number of rotatable bonds is 3. The zero-order valence-corrected chi connectivity index (χ0v) is 18.4. The van der Waals surface area contributed by atoms with E-state index in [2.05, 4.69) is 28.4 Å².